The van der Waals surface area contributed by atoms with E-state index in [9.17, 15) is 4.79 Å². The van der Waals surface area contributed by atoms with Crippen LogP contribution in [-0.4, -0.2) is 29.9 Å². The molecule has 3 nitrogen and oxygen atoms in total. The van der Waals surface area contributed by atoms with Crippen molar-refractivity contribution in [3.8, 4) is 0 Å². The van der Waals surface area contributed by atoms with Crippen molar-refractivity contribution in [1.29, 1.82) is 0 Å². The van der Waals surface area contributed by atoms with E-state index < -0.39 is 0 Å². The lowest BCUT2D eigenvalue weighted by atomic mass is 9.94. The summed E-state index contributed by atoms with van der Waals surface area (Å²) >= 11 is 0. The van der Waals surface area contributed by atoms with Gasteiger partial charge in [-0.3, -0.25) is 9.69 Å². The van der Waals surface area contributed by atoms with E-state index >= 15 is 0 Å². The fourth-order valence-corrected chi connectivity index (χ4v) is 3.13. The molecule has 2 N–H and O–H groups in total. The van der Waals surface area contributed by atoms with Gasteiger partial charge in [0.15, 0.2) is 0 Å². The largest absolute Gasteiger partial charge is 0.366 e. The molecule has 0 aromatic heterocycles. The van der Waals surface area contributed by atoms with Crippen molar-refractivity contribution >= 4 is 11.5 Å². The summed E-state index contributed by atoms with van der Waals surface area (Å²) in [7, 11) is 2.20. The number of nitrogens with two attached hydrogens (primary N) is 1. The molecule has 2 unspecified atom stereocenters. The quantitative estimate of drug-likeness (QED) is 0.862. The van der Waals surface area contributed by atoms with Gasteiger partial charge in [-0.05, 0) is 49.6 Å². The molecular weight excluding hydrogens is 224 g/mol. The molecule has 2 bridgehead atoms. The van der Waals surface area contributed by atoms with Gasteiger partial charge in [-0.1, -0.05) is 18.2 Å². The summed E-state index contributed by atoms with van der Waals surface area (Å²) < 4.78 is 0. The summed E-state index contributed by atoms with van der Waals surface area (Å²) in [6.07, 6.45) is 5.95. The van der Waals surface area contributed by atoms with E-state index in [1.165, 1.54) is 18.4 Å². The van der Waals surface area contributed by atoms with Gasteiger partial charge in [0.1, 0.15) is 0 Å². The van der Waals surface area contributed by atoms with Crippen LogP contribution in [0, 0.1) is 0 Å². The van der Waals surface area contributed by atoms with E-state index in [-0.39, 0.29) is 5.91 Å². The lowest BCUT2D eigenvalue weighted by molar-refractivity contribution is 0.100. The van der Waals surface area contributed by atoms with Gasteiger partial charge in [-0.15, -0.1) is 0 Å². The van der Waals surface area contributed by atoms with E-state index in [1.807, 2.05) is 12.1 Å². The van der Waals surface area contributed by atoms with Crippen molar-refractivity contribution < 1.29 is 4.79 Å². The van der Waals surface area contributed by atoms with Crippen LogP contribution in [-0.2, 0) is 0 Å². The summed E-state index contributed by atoms with van der Waals surface area (Å²) in [6, 6.07) is 8.90. The SMILES string of the molecule is CN1C2C=C(c3cccc(C(N)=O)c3)CC1CC2. The second-order valence-electron chi connectivity index (χ2n) is 5.31. The molecule has 2 aliphatic rings. The first-order valence-electron chi connectivity index (χ1n) is 6.48. The summed E-state index contributed by atoms with van der Waals surface area (Å²) in [5.74, 6) is -0.353. The van der Waals surface area contributed by atoms with Crippen LogP contribution in [0.4, 0.5) is 0 Å². The number of hydrogen-bond acceptors (Lipinski definition) is 2. The molecule has 0 saturated carbocycles. The smallest absolute Gasteiger partial charge is 0.248 e. The zero-order valence-corrected chi connectivity index (χ0v) is 10.6. The molecule has 1 aromatic carbocycles. The molecule has 18 heavy (non-hydrogen) atoms. The zero-order chi connectivity index (χ0) is 12.7. The summed E-state index contributed by atoms with van der Waals surface area (Å²) in [6.45, 7) is 0. The van der Waals surface area contributed by atoms with Crippen LogP contribution in [0.2, 0.25) is 0 Å². The van der Waals surface area contributed by atoms with Crippen LogP contribution in [0.3, 0.4) is 0 Å². The van der Waals surface area contributed by atoms with E-state index in [0.717, 1.165) is 12.0 Å². The van der Waals surface area contributed by atoms with Crippen LogP contribution in [0.5, 0.6) is 0 Å². The number of rotatable bonds is 2. The van der Waals surface area contributed by atoms with Crippen LogP contribution >= 0.6 is 0 Å². The lowest BCUT2D eigenvalue weighted by Gasteiger charge is -2.30. The molecule has 0 radical (unpaired) electrons. The first-order chi connectivity index (χ1) is 8.65. The highest BCUT2D eigenvalue weighted by Crippen LogP contribution is 2.37. The van der Waals surface area contributed by atoms with Crippen molar-refractivity contribution in [2.75, 3.05) is 7.05 Å². The maximum Gasteiger partial charge on any atom is 0.248 e. The van der Waals surface area contributed by atoms with E-state index in [2.05, 4.69) is 24.1 Å². The number of fused-ring (bicyclic) bond motifs is 2. The van der Waals surface area contributed by atoms with Crippen molar-refractivity contribution in [3.05, 3.63) is 41.5 Å². The lowest BCUT2D eigenvalue weighted by Crippen LogP contribution is -2.34. The number of benzene rings is 1. The van der Waals surface area contributed by atoms with Crippen LogP contribution in [0.15, 0.2) is 30.3 Å². The number of likely N-dealkylation sites (N-methyl/N-ethyl adjacent to an activating group) is 1. The van der Waals surface area contributed by atoms with Crippen LogP contribution < -0.4 is 5.73 Å². The number of amides is 1. The highest BCUT2D eigenvalue weighted by molar-refractivity contribution is 5.93. The third-order valence-corrected chi connectivity index (χ3v) is 4.26. The van der Waals surface area contributed by atoms with Gasteiger partial charge in [0.05, 0.1) is 0 Å². The third-order valence-electron chi connectivity index (χ3n) is 4.26. The third kappa shape index (κ3) is 1.85. The molecule has 1 fully saturated rings. The van der Waals surface area contributed by atoms with E-state index in [1.54, 1.807) is 6.07 Å². The minimum absolute atomic E-state index is 0.353. The first-order valence-corrected chi connectivity index (χ1v) is 6.48. The van der Waals surface area contributed by atoms with E-state index in [4.69, 9.17) is 5.73 Å². The Labute approximate surface area is 107 Å². The maximum absolute atomic E-state index is 11.2. The van der Waals surface area contributed by atoms with Gasteiger partial charge in [-0.25, -0.2) is 0 Å². The van der Waals surface area contributed by atoms with Crippen molar-refractivity contribution in [1.82, 2.24) is 4.90 Å². The van der Waals surface area contributed by atoms with Crippen molar-refractivity contribution in [2.45, 2.75) is 31.3 Å². The fourth-order valence-electron chi connectivity index (χ4n) is 3.13. The minimum atomic E-state index is -0.353. The molecule has 2 aliphatic heterocycles. The van der Waals surface area contributed by atoms with Gasteiger partial charge in [0, 0.05) is 17.6 Å². The molecule has 1 aromatic rings. The molecule has 1 saturated heterocycles. The molecule has 0 spiro atoms. The standard InChI is InChI=1S/C15H18N2O/c1-17-13-5-6-14(17)9-12(8-13)10-3-2-4-11(7-10)15(16)18/h2-4,7-8,13-14H,5-6,9H2,1H3,(H2,16,18). The number of primary amides is 1. The normalized spacial score (nSPS) is 27.1. The number of nitrogens with zero attached hydrogens (tertiary/aromatic N) is 1. The molecule has 0 aliphatic carbocycles. The van der Waals surface area contributed by atoms with Crippen molar-refractivity contribution in [3.63, 3.8) is 0 Å². The monoisotopic (exact) mass is 242 g/mol. The highest BCUT2D eigenvalue weighted by Gasteiger charge is 2.33. The predicted octanol–water partition coefficient (Wildman–Crippen LogP) is 2.04. The first kappa shape index (κ1) is 11.5. The molecule has 2 heterocycles. The topological polar surface area (TPSA) is 46.3 Å². The van der Waals surface area contributed by atoms with Gasteiger partial charge in [0.2, 0.25) is 5.91 Å². The Morgan fingerprint density at radius 2 is 2.22 bits per heavy atom. The molecular formula is C15H18N2O. The minimum Gasteiger partial charge on any atom is -0.366 e. The summed E-state index contributed by atoms with van der Waals surface area (Å²) in [5.41, 5.74) is 8.45. The second kappa shape index (κ2) is 4.25. The zero-order valence-electron chi connectivity index (χ0n) is 10.6. The highest BCUT2D eigenvalue weighted by atomic mass is 16.1. The average molecular weight is 242 g/mol. The molecule has 3 rings (SSSR count). The molecule has 94 valence electrons. The van der Waals surface area contributed by atoms with Crippen molar-refractivity contribution in [2.24, 2.45) is 5.73 Å². The van der Waals surface area contributed by atoms with Gasteiger partial charge < -0.3 is 5.73 Å². The van der Waals surface area contributed by atoms with Crippen LogP contribution in [0.25, 0.3) is 5.57 Å². The Balaban J connectivity index is 1.94. The van der Waals surface area contributed by atoms with Gasteiger partial charge in [0.25, 0.3) is 0 Å². The Bertz CT molecular complexity index is 521. The van der Waals surface area contributed by atoms with E-state index in [0.29, 0.717) is 17.6 Å². The molecule has 3 heteroatoms. The summed E-state index contributed by atoms with van der Waals surface area (Å²) in [5, 5.41) is 0. The predicted molar refractivity (Wildman–Crippen MR) is 72.1 cm³/mol. The molecule has 1 amide bonds. The Morgan fingerprint density at radius 1 is 1.39 bits per heavy atom. The fraction of sp³-hybridized carbons (Fsp3) is 0.400. The Morgan fingerprint density at radius 3 is 2.94 bits per heavy atom. The number of carbonyl (C=O) groups is 1. The summed E-state index contributed by atoms with van der Waals surface area (Å²) in [4.78, 5) is 13.7. The average Bonchev–Trinajstić information content (AvgIpc) is 2.61. The Hall–Kier alpha value is -1.61. The number of carbonyl (C=O) groups excluding carboxylic acids is 1. The maximum atomic E-state index is 11.2. The van der Waals surface area contributed by atoms with Crippen LogP contribution in [0.1, 0.15) is 35.2 Å². The Kier molecular flexibility index (Phi) is 2.71. The van der Waals surface area contributed by atoms with Gasteiger partial charge in [-0.2, -0.15) is 0 Å². The number of hydrogen-bond donors (Lipinski definition) is 1. The molecule has 2 atom stereocenters. The van der Waals surface area contributed by atoms with Gasteiger partial charge >= 0.3 is 0 Å². The second-order valence-corrected chi connectivity index (χ2v) is 5.31.